The number of rotatable bonds is 3. The predicted octanol–water partition coefficient (Wildman–Crippen LogP) is 2.85. The molecular weight excluding hydrogens is 234 g/mol. The molecule has 0 bridgehead atoms. The Hall–Kier alpha value is -2.13. The van der Waals surface area contributed by atoms with Crippen molar-refractivity contribution in [3.05, 3.63) is 65.5 Å². The summed E-state index contributed by atoms with van der Waals surface area (Å²) in [6.07, 6.45) is 0. The second kappa shape index (κ2) is 4.86. The van der Waals surface area contributed by atoms with Crippen LogP contribution in [0.25, 0.3) is 11.0 Å². The van der Waals surface area contributed by atoms with Crippen molar-refractivity contribution in [2.75, 3.05) is 0 Å². The zero-order valence-electron chi connectivity index (χ0n) is 11.0. The van der Waals surface area contributed by atoms with Gasteiger partial charge in [-0.3, -0.25) is 0 Å². The number of imidazole rings is 1. The fourth-order valence-electron chi connectivity index (χ4n) is 2.43. The summed E-state index contributed by atoms with van der Waals surface area (Å²) in [4.78, 5) is 4.59. The van der Waals surface area contributed by atoms with Crippen molar-refractivity contribution in [2.45, 2.75) is 20.0 Å². The van der Waals surface area contributed by atoms with Crippen LogP contribution in [0.15, 0.2) is 48.5 Å². The van der Waals surface area contributed by atoms with Crippen LogP contribution in [-0.2, 0) is 13.1 Å². The Morgan fingerprint density at radius 1 is 1.05 bits per heavy atom. The Morgan fingerprint density at radius 2 is 1.84 bits per heavy atom. The van der Waals surface area contributed by atoms with E-state index in [2.05, 4.69) is 52.0 Å². The summed E-state index contributed by atoms with van der Waals surface area (Å²) in [7, 11) is 0. The molecule has 0 amide bonds. The van der Waals surface area contributed by atoms with E-state index in [-0.39, 0.29) is 0 Å². The number of fused-ring (bicyclic) bond motifs is 1. The summed E-state index contributed by atoms with van der Waals surface area (Å²) in [5.74, 6) is 1.04. The summed E-state index contributed by atoms with van der Waals surface area (Å²) in [5, 5.41) is 0. The Labute approximate surface area is 112 Å². The van der Waals surface area contributed by atoms with Crippen molar-refractivity contribution in [1.29, 1.82) is 0 Å². The van der Waals surface area contributed by atoms with Gasteiger partial charge in [-0.15, -0.1) is 0 Å². The van der Waals surface area contributed by atoms with E-state index in [0.29, 0.717) is 6.54 Å². The van der Waals surface area contributed by atoms with Crippen molar-refractivity contribution in [3.63, 3.8) is 0 Å². The van der Waals surface area contributed by atoms with E-state index in [1.165, 1.54) is 16.6 Å². The van der Waals surface area contributed by atoms with Crippen LogP contribution in [0.5, 0.6) is 0 Å². The molecule has 1 heterocycles. The molecule has 1 aromatic heterocycles. The molecule has 0 aliphatic heterocycles. The van der Waals surface area contributed by atoms with Gasteiger partial charge in [-0.2, -0.15) is 0 Å². The quantitative estimate of drug-likeness (QED) is 0.778. The summed E-state index contributed by atoms with van der Waals surface area (Å²) in [6, 6.07) is 16.7. The van der Waals surface area contributed by atoms with Crippen LogP contribution >= 0.6 is 0 Å². The molecule has 0 saturated heterocycles. The average molecular weight is 251 g/mol. The van der Waals surface area contributed by atoms with Gasteiger partial charge >= 0.3 is 0 Å². The zero-order valence-corrected chi connectivity index (χ0v) is 11.0. The third-order valence-electron chi connectivity index (χ3n) is 3.41. The largest absolute Gasteiger partial charge is 0.326 e. The molecule has 0 spiro atoms. The Morgan fingerprint density at radius 3 is 2.68 bits per heavy atom. The first-order chi connectivity index (χ1) is 9.28. The SMILES string of the molecule is Cc1nc2ccccc2n1Cc1cccc(CN)c1. The molecule has 0 unspecified atom stereocenters. The minimum absolute atomic E-state index is 0.581. The van der Waals surface area contributed by atoms with Gasteiger partial charge in [0, 0.05) is 13.1 Å². The molecule has 2 aromatic carbocycles. The lowest BCUT2D eigenvalue weighted by atomic mass is 10.1. The lowest BCUT2D eigenvalue weighted by molar-refractivity contribution is 0.784. The molecule has 96 valence electrons. The van der Waals surface area contributed by atoms with Gasteiger partial charge < -0.3 is 10.3 Å². The molecule has 0 aliphatic rings. The highest BCUT2D eigenvalue weighted by Gasteiger charge is 2.07. The summed E-state index contributed by atoms with van der Waals surface area (Å²) in [6.45, 7) is 3.46. The van der Waals surface area contributed by atoms with Crippen molar-refractivity contribution in [1.82, 2.24) is 9.55 Å². The summed E-state index contributed by atoms with van der Waals surface area (Å²) < 4.78 is 2.24. The van der Waals surface area contributed by atoms with Crippen LogP contribution in [0.1, 0.15) is 17.0 Å². The highest BCUT2D eigenvalue weighted by molar-refractivity contribution is 5.75. The van der Waals surface area contributed by atoms with Crippen LogP contribution in [0.4, 0.5) is 0 Å². The minimum Gasteiger partial charge on any atom is -0.326 e. The van der Waals surface area contributed by atoms with E-state index >= 15 is 0 Å². The van der Waals surface area contributed by atoms with E-state index in [9.17, 15) is 0 Å². The molecule has 0 aliphatic carbocycles. The molecule has 0 saturated carbocycles. The number of aromatic nitrogens is 2. The normalized spacial score (nSPS) is 11.1. The van der Waals surface area contributed by atoms with Crippen LogP contribution < -0.4 is 5.73 Å². The maximum atomic E-state index is 5.69. The number of hydrogen-bond donors (Lipinski definition) is 1. The predicted molar refractivity (Wildman–Crippen MR) is 77.9 cm³/mol. The fourth-order valence-corrected chi connectivity index (χ4v) is 2.43. The van der Waals surface area contributed by atoms with Gasteiger partial charge in [-0.1, -0.05) is 36.4 Å². The maximum absolute atomic E-state index is 5.69. The Kier molecular flexibility index (Phi) is 3.05. The molecule has 0 radical (unpaired) electrons. The van der Waals surface area contributed by atoms with Crippen molar-refractivity contribution < 1.29 is 0 Å². The minimum atomic E-state index is 0.581. The van der Waals surface area contributed by atoms with E-state index in [0.717, 1.165) is 17.9 Å². The molecule has 19 heavy (non-hydrogen) atoms. The molecule has 3 rings (SSSR count). The highest BCUT2D eigenvalue weighted by Crippen LogP contribution is 2.17. The molecule has 0 atom stereocenters. The first-order valence-corrected chi connectivity index (χ1v) is 6.47. The van der Waals surface area contributed by atoms with E-state index in [4.69, 9.17) is 5.73 Å². The van der Waals surface area contributed by atoms with E-state index in [1.807, 2.05) is 13.0 Å². The number of aryl methyl sites for hydroxylation is 1. The monoisotopic (exact) mass is 251 g/mol. The maximum Gasteiger partial charge on any atom is 0.107 e. The van der Waals surface area contributed by atoms with Gasteiger partial charge in [-0.25, -0.2) is 4.98 Å². The average Bonchev–Trinajstić information content (AvgIpc) is 2.76. The Bertz CT molecular complexity index is 713. The lowest BCUT2D eigenvalue weighted by Crippen LogP contribution is -2.03. The number of benzene rings is 2. The van der Waals surface area contributed by atoms with Gasteiger partial charge in [0.2, 0.25) is 0 Å². The van der Waals surface area contributed by atoms with Crippen LogP contribution in [0.2, 0.25) is 0 Å². The standard InChI is InChI=1S/C16H17N3/c1-12-18-15-7-2-3-8-16(15)19(12)11-14-6-4-5-13(9-14)10-17/h2-9H,10-11,17H2,1H3. The second-order valence-electron chi connectivity index (χ2n) is 4.76. The van der Waals surface area contributed by atoms with E-state index in [1.54, 1.807) is 0 Å². The number of para-hydroxylation sites is 2. The molecule has 3 heteroatoms. The number of hydrogen-bond acceptors (Lipinski definition) is 2. The van der Waals surface area contributed by atoms with Crippen LogP contribution in [0, 0.1) is 6.92 Å². The fraction of sp³-hybridized carbons (Fsp3) is 0.188. The molecule has 3 nitrogen and oxygen atoms in total. The number of nitrogens with two attached hydrogens (primary N) is 1. The third kappa shape index (κ3) is 2.25. The zero-order chi connectivity index (χ0) is 13.2. The lowest BCUT2D eigenvalue weighted by Gasteiger charge is -2.08. The molecule has 2 N–H and O–H groups in total. The van der Waals surface area contributed by atoms with Gasteiger partial charge in [0.1, 0.15) is 5.82 Å². The van der Waals surface area contributed by atoms with Crippen LogP contribution in [-0.4, -0.2) is 9.55 Å². The number of nitrogens with zero attached hydrogens (tertiary/aromatic N) is 2. The van der Waals surface area contributed by atoms with Gasteiger partial charge in [0.05, 0.1) is 11.0 Å². The van der Waals surface area contributed by atoms with Crippen molar-refractivity contribution in [3.8, 4) is 0 Å². The second-order valence-corrected chi connectivity index (χ2v) is 4.76. The smallest absolute Gasteiger partial charge is 0.107 e. The summed E-state index contributed by atoms with van der Waals surface area (Å²) >= 11 is 0. The highest BCUT2D eigenvalue weighted by atomic mass is 15.1. The third-order valence-corrected chi connectivity index (χ3v) is 3.41. The molecule has 0 fully saturated rings. The van der Waals surface area contributed by atoms with Gasteiger partial charge in [-0.05, 0) is 30.2 Å². The summed E-state index contributed by atoms with van der Waals surface area (Å²) in [5.41, 5.74) is 10.3. The van der Waals surface area contributed by atoms with Crippen molar-refractivity contribution >= 4 is 11.0 Å². The Balaban J connectivity index is 2.02. The van der Waals surface area contributed by atoms with E-state index < -0.39 is 0 Å². The van der Waals surface area contributed by atoms with Crippen molar-refractivity contribution in [2.24, 2.45) is 5.73 Å². The first kappa shape index (κ1) is 11.9. The molecule has 3 aromatic rings. The van der Waals surface area contributed by atoms with Gasteiger partial charge in [0.25, 0.3) is 0 Å². The topological polar surface area (TPSA) is 43.8 Å². The van der Waals surface area contributed by atoms with Crippen LogP contribution in [0.3, 0.4) is 0 Å². The molecular formula is C16H17N3. The first-order valence-electron chi connectivity index (χ1n) is 6.47. The van der Waals surface area contributed by atoms with Gasteiger partial charge in [0.15, 0.2) is 0 Å².